The van der Waals surface area contributed by atoms with Crippen LogP contribution < -0.4 is 0 Å². The van der Waals surface area contributed by atoms with E-state index >= 15 is 0 Å². The van der Waals surface area contributed by atoms with Gasteiger partial charge in [-0.25, -0.2) is 0 Å². The number of para-hydroxylation sites is 1. The Kier molecular flexibility index (Phi) is 8.76. The molecular weight excluding hydrogens is 767 g/mol. The van der Waals surface area contributed by atoms with E-state index in [1.807, 2.05) is 11.3 Å². The van der Waals surface area contributed by atoms with Gasteiger partial charge in [-0.2, -0.15) is 0 Å². The Morgan fingerprint density at radius 2 is 0.597 bits per heavy atom. The van der Waals surface area contributed by atoms with Crippen molar-refractivity contribution >= 4 is 53.3 Å². The van der Waals surface area contributed by atoms with Gasteiger partial charge in [0.1, 0.15) is 0 Å². The summed E-state index contributed by atoms with van der Waals surface area (Å²) in [5, 5.41) is 5.11. The van der Waals surface area contributed by atoms with E-state index in [4.69, 9.17) is 0 Å². The number of thiophene rings is 1. The maximum atomic E-state index is 2.43. The molecule has 0 saturated heterocycles. The van der Waals surface area contributed by atoms with Crippen molar-refractivity contribution in [2.24, 2.45) is 0 Å². The number of benzene rings is 10. The Morgan fingerprint density at radius 3 is 1.15 bits per heavy atom. The Morgan fingerprint density at radius 1 is 0.226 bits per heavy atom. The van der Waals surface area contributed by atoms with Crippen LogP contribution in [0.1, 0.15) is 0 Å². The summed E-state index contributed by atoms with van der Waals surface area (Å²) < 4.78 is 5.03. The number of fused-ring (bicyclic) bond motifs is 6. The van der Waals surface area contributed by atoms with Gasteiger partial charge in [0.05, 0.1) is 11.0 Å². The largest absolute Gasteiger partial charge is 0.309 e. The Hall–Kier alpha value is -7.78. The van der Waals surface area contributed by atoms with Gasteiger partial charge in [0.15, 0.2) is 0 Å². The molecule has 1 nitrogen and oxygen atoms in total. The van der Waals surface area contributed by atoms with Gasteiger partial charge in [-0.1, -0.05) is 164 Å². The van der Waals surface area contributed by atoms with E-state index < -0.39 is 0 Å². The normalized spacial score (nSPS) is 11.5. The maximum Gasteiger partial charge on any atom is 0.0541 e. The summed E-state index contributed by atoms with van der Waals surface area (Å²) in [5.41, 5.74) is 18.2. The summed E-state index contributed by atoms with van der Waals surface area (Å²) in [6, 6.07) is 86.6. The van der Waals surface area contributed by atoms with Crippen molar-refractivity contribution in [3.8, 4) is 72.4 Å². The lowest BCUT2D eigenvalue weighted by molar-refractivity contribution is 1.19. The van der Waals surface area contributed by atoms with Crippen LogP contribution in [0.2, 0.25) is 0 Å². The van der Waals surface area contributed by atoms with Crippen molar-refractivity contribution < 1.29 is 0 Å². The molecule has 2 heteroatoms. The summed E-state index contributed by atoms with van der Waals surface area (Å²) in [5.74, 6) is 0. The smallest absolute Gasteiger partial charge is 0.0541 e. The topological polar surface area (TPSA) is 4.93 Å². The average Bonchev–Trinajstić information content (AvgIpc) is 3.89. The lowest BCUT2D eigenvalue weighted by Crippen LogP contribution is -1.93. The molecule has 0 amide bonds. The number of aromatic nitrogens is 1. The second-order valence-corrected chi connectivity index (χ2v) is 17.2. The molecule has 12 aromatic rings. The number of nitrogens with zero attached hydrogens (tertiary/aromatic N) is 1. The van der Waals surface area contributed by atoms with Gasteiger partial charge in [-0.15, -0.1) is 11.3 Å². The first-order valence-corrected chi connectivity index (χ1v) is 22.0. The summed E-state index contributed by atoms with van der Waals surface area (Å²) in [6.07, 6.45) is 0. The van der Waals surface area contributed by atoms with Gasteiger partial charge in [-0.05, 0) is 140 Å². The minimum Gasteiger partial charge on any atom is -0.309 e. The first-order chi connectivity index (χ1) is 30.7. The van der Waals surface area contributed by atoms with Crippen LogP contribution in [0.15, 0.2) is 237 Å². The average molecular weight is 806 g/mol. The van der Waals surface area contributed by atoms with E-state index in [2.05, 4.69) is 241 Å². The zero-order valence-corrected chi connectivity index (χ0v) is 34.7. The first-order valence-electron chi connectivity index (χ1n) is 21.2. The maximum absolute atomic E-state index is 2.43. The predicted octanol–water partition coefficient (Wildman–Crippen LogP) is 17.2. The van der Waals surface area contributed by atoms with Crippen molar-refractivity contribution in [1.82, 2.24) is 4.57 Å². The molecular formula is C60H39NS. The van der Waals surface area contributed by atoms with E-state index in [0.29, 0.717) is 0 Å². The highest BCUT2D eigenvalue weighted by Crippen LogP contribution is 2.41. The van der Waals surface area contributed by atoms with Crippen LogP contribution in [0.3, 0.4) is 0 Å². The molecule has 0 aliphatic heterocycles. The molecule has 0 saturated carbocycles. The third-order valence-electron chi connectivity index (χ3n) is 12.4. The van der Waals surface area contributed by atoms with Gasteiger partial charge >= 0.3 is 0 Å². The first kappa shape index (κ1) is 36.1. The molecule has 10 aromatic carbocycles. The van der Waals surface area contributed by atoms with Crippen LogP contribution in [0.25, 0.3) is 114 Å². The highest BCUT2D eigenvalue weighted by atomic mass is 32.1. The third-order valence-corrected chi connectivity index (χ3v) is 13.5. The lowest BCUT2D eigenvalue weighted by atomic mass is 9.94. The number of rotatable bonds is 7. The fourth-order valence-corrected chi connectivity index (χ4v) is 10.4. The minimum atomic E-state index is 1.18. The van der Waals surface area contributed by atoms with E-state index in [-0.39, 0.29) is 0 Å². The molecule has 0 unspecified atom stereocenters. The molecule has 0 aliphatic rings. The summed E-state index contributed by atoms with van der Waals surface area (Å²) in [7, 11) is 0. The molecule has 0 radical (unpaired) electrons. The second kappa shape index (κ2) is 15.0. The van der Waals surface area contributed by atoms with Gasteiger partial charge in [0.2, 0.25) is 0 Å². The molecule has 290 valence electrons. The van der Waals surface area contributed by atoms with Crippen molar-refractivity contribution in [2.75, 3.05) is 0 Å². The van der Waals surface area contributed by atoms with Gasteiger partial charge in [0, 0.05) is 36.6 Å². The van der Waals surface area contributed by atoms with Gasteiger partial charge in [0.25, 0.3) is 0 Å². The predicted molar refractivity (Wildman–Crippen MR) is 266 cm³/mol. The van der Waals surface area contributed by atoms with Crippen molar-refractivity contribution in [2.45, 2.75) is 0 Å². The molecule has 62 heavy (non-hydrogen) atoms. The fourth-order valence-electron chi connectivity index (χ4n) is 9.29. The molecule has 0 spiro atoms. The highest BCUT2D eigenvalue weighted by Gasteiger charge is 2.16. The fraction of sp³-hybridized carbons (Fsp3) is 0. The third kappa shape index (κ3) is 6.41. The Labute approximate surface area is 365 Å². The van der Waals surface area contributed by atoms with Gasteiger partial charge < -0.3 is 4.57 Å². The van der Waals surface area contributed by atoms with Crippen molar-refractivity contribution in [3.05, 3.63) is 237 Å². The quantitative estimate of drug-likeness (QED) is 0.151. The second-order valence-electron chi connectivity index (χ2n) is 16.1. The summed E-state index contributed by atoms with van der Waals surface area (Å²) >= 11 is 1.87. The minimum absolute atomic E-state index is 1.18. The Balaban J connectivity index is 0.886. The van der Waals surface area contributed by atoms with Crippen LogP contribution in [0.5, 0.6) is 0 Å². The van der Waals surface area contributed by atoms with E-state index in [1.165, 1.54) is 114 Å². The summed E-state index contributed by atoms with van der Waals surface area (Å²) in [4.78, 5) is 0. The van der Waals surface area contributed by atoms with Gasteiger partial charge in [-0.3, -0.25) is 0 Å². The van der Waals surface area contributed by atoms with Crippen LogP contribution >= 0.6 is 11.3 Å². The van der Waals surface area contributed by atoms with E-state index in [9.17, 15) is 0 Å². The summed E-state index contributed by atoms with van der Waals surface area (Å²) in [6.45, 7) is 0. The number of hydrogen-bond donors (Lipinski definition) is 0. The molecule has 0 atom stereocenters. The lowest BCUT2D eigenvalue weighted by Gasteiger charge is -2.11. The molecule has 2 heterocycles. The van der Waals surface area contributed by atoms with Crippen LogP contribution in [0.4, 0.5) is 0 Å². The zero-order valence-electron chi connectivity index (χ0n) is 33.9. The molecule has 0 aliphatic carbocycles. The van der Waals surface area contributed by atoms with Crippen LogP contribution in [0, 0.1) is 0 Å². The number of hydrogen-bond acceptors (Lipinski definition) is 1. The van der Waals surface area contributed by atoms with Crippen molar-refractivity contribution in [3.63, 3.8) is 0 Å². The Bertz CT molecular complexity index is 3630. The van der Waals surface area contributed by atoms with Crippen LogP contribution in [-0.2, 0) is 0 Å². The highest BCUT2D eigenvalue weighted by molar-refractivity contribution is 7.25. The molecule has 12 rings (SSSR count). The van der Waals surface area contributed by atoms with Crippen molar-refractivity contribution in [1.29, 1.82) is 0 Å². The SMILES string of the molecule is c1ccc(-c2cccc(-c3cccc(-c4cccc(-c5cccc(-c6ccc7sc8ccc(-n9c%10ccccc%10c%10cc(-c%11ccccc%11)ccc%109)cc8c7c6)c5)c4)c3)c2)cc1. The monoisotopic (exact) mass is 805 g/mol. The molecule has 0 fully saturated rings. The molecule has 0 N–H and O–H groups in total. The van der Waals surface area contributed by atoms with E-state index in [0.717, 1.165) is 0 Å². The zero-order chi connectivity index (χ0) is 41.0. The standard InChI is InChI=1S/C60H39NS/c1-3-13-40(14-4-1)42-17-9-18-43(33-42)44-19-10-20-45(34-44)46-21-11-22-47(35-46)48-23-12-24-49(36-48)51-28-31-59-55(38-51)56-39-52(29-32-60(56)62-59)61-57-26-8-7-25-53(57)54-37-50(27-30-58(54)61)41-15-5-2-6-16-41/h1-39H. The van der Waals surface area contributed by atoms with E-state index in [1.54, 1.807) is 0 Å². The molecule has 2 aromatic heterocycles. The van der Waals surface area contributed by atoms with Crippen LogP contribution in [-0.4, -0.2) is 4.57 Å². The molecule has 0 bridgehead atoms.